The first-order chi connectivity index (χ1) is 12.8. The molecule has 3 rings (SSSR count). The minimum Gasteiger partial charge on any atom is -0.333 e. The Labute approximate surface area is 170 Å². The lowest BCUT2D eigenvalue weighted by molar-refractivity contribution is -0.133. The van der Waals surface area contributed by atoms with Gasteiger partial charge in [-0.15, -0.1) is 12.4 Å². The van der Waals surface area contributed by atoms with E-state index in [1.807, 2.05) is 6.07 Å². The van der Waals surface area contributed by atoms with Crippen LogP contribution in [0.25, 0.3) is 0 Å². The summed E-state index contributed by atoms with van der Waals surface area (Å²) in [5.74, 6) is -0.410. The number of hydrogen-bond donors (Lipinski definition) is 2. The van der Waals surface area contributed by atoms with Crippen molar-refractivity contribution in [3.8, 4) is 0 Å². The smallest absolute Gasteiger partial charge is 0.229 e. The fraction of sp³-hybridized carbons (Fsp3) is 0.316. The SMILES string of the molecule is CS(=O)(=O)Nc1cccc(CC(=O)N2CCNCC2c2cccc(F)c2)c1.Cl. The molecule has 0 aliphatic carbocycles. The van der Waals surface area contributed by atoms with Crippen LogP contribution in [0.5, 0.6) is 0 Å². The van der Waals surface area contributed by atoms with Gasteiger partial charge in [-0.05, 0) is 35.4 Å². The van der Waals surface area contributed by atoms with Crippen LogP contribution < -0.4 is 10.0 Å². The zero-order valence-corrected chi connectivity index (χ0v) is 17.0. The van der Waals surface area contributed by atoms with E-state index in [2.05, 4.69) is 10.0 Å². The standard InChI is InChI=1S/C19H22FN3O3S.ClH/c1-27(25,26)22-17-7-2-4-14(10-17)11-19(24)23-9-8-21-13-18(23)15-5-3-6-16(20)12-15;/h2-7,10,12,18,21-22H,8-9,11,13H2,1H3;1H. The van der Waals surface area contributed by atoms with Crippen molar-refractivity contribution < 1.29 is 17.6 Å². The van der Waals surface area contributed by atoms with E-state index in [0.29, 0.717) is 30.9 Å². The Bertz CT molecular complexity index is 940. The number of sulfonamides is 1. The second-order valence-corrected chi connectivity index (χ2v) is 8.36. The highest BCUT2D eigenvalue weighted by Crippen LogP contribution is 2.24. The third kappa shape index (κ3) is 5.92. The summed E-state index contributed by atoms with van der Waals surface area (Å²) >= 11 is 0. The molecule has 0 radical (unpaired) electrons. The molecule has 0 spiro atoms. The van der Waals surface area contributed by atoms with E-state index in [1.165, 1.54) is 12.1 Å². The Morgan fingerprint density at radius 1 is 1.25 bits per heavy atom. The Morgan fingerprint density at radius 3 is 2.71 bits per heavy atom. The van der Waals surface area contributed by atoms with E-state index in [0.717, 1.165) is 11.8 Å². The molecule has 0 bridgehead atoms. The van der Waals surface area contributed by atoms with Crippen LogP contribution in [0.15, 0.2) is 48.5 Å². The summed E-state index contributed by atoms with van der Waals surface area (Å²) in [4.78, 5) is 14.7. The van der Waals surface area contributed by atoms with Crippen LogP contribution in [0.3, 0.4) is 0 Å². The number of anilines is 1. The van der Waals surface area contributed by atoms with Gasteiger partial charge in [-0.3, -0.25) is 9.52 Å². The van der Waals surface area contributed by atoms with Crippen LogP contribution in [0.1, 0.15) is 17.2 Å². The number of nitrogens with one attached hydrogen (secondary N) is 2. The molecule has 1 saturated heterocycles. The van der Waals surface area contributed by atoms with Crippen molar-refractivity contribution in [2.75, 3.05) is 30.6 Å². The molecule has 28 heavy (non-hydrogen) atoms. The molecule has 6 nitrogen and oxygen atoms in total. The van der Waals surface area contributed by atoms with Gasteiger partial charge in [0.1, 0.15) is 5.82 Å². The molecule has 0 saturated carbocycles. The molecule has 152 valence electrons. The Hall–Kier alpha value is -2.16. The van der Waals surface area contributed by atoms with Crippen molar-refractivity contribution in [1.82, 2.24) is 10.2 Å². The van der Waals surface area contributed by atoms with Gasteiger partial charge in [-0.25, -0.2) is 12.8 Å². The van der Waals surface area contributed by atoms with Crippen molar-refractivity contribution in [2.45, 2.75) is 12.5 Å². The molecule has 1 aliphatic heterocycles. The molecule has 1 amide bonds. The van der Waals surface area contributed by atoms with Crippen molar-refractivity contribution in [3.63, 3.8) is 0 Å². The quantitative estimate of drug-likeness (QED) is 0.767. The molecule has 0 aromatic heterocycles. The average molecular weight is 428 g/mol. The zero-order chi connectivity index (χ0) is 19.4. The summed E-state index contributed by atoms with van der Waals surface area (Å²) < 4.78 is 38.8. The number of amides is 1. The second kappa shape index (κ2) is 9.36. The maximum absolute atomic E-state index is 13.6. The average Bonchev–Trinajstić information content (AvgIpc) is 2.60. The van der Waals surface area contributed by atoms with Gasteiger partial charge in [0.15, 0.2) is 0 Å². The molecule has 1 heterocycles. The van der Waals surface area contributed by atoms with Gasteiger partial charge in [0.05, 0.1) is 18.7 Å². The number of halogens is 2. The fourth-order valence-electron chi connectivity index (χ4n) is 3.25. The first-order valence-corrected chi connectivity index (χ1v) is 10.5. The van der Waals surface area contributed by atoms with Crippen LogP contribution in [0.4, 0.5) is 10.1 Å². The van der Waals surface area contributed by atoms with Crippen LogP contribution in [-0.4, -0.2) is 45.1 Å². The molecule has 1 fully saturated rings. The number of carbonyl (C=O) groups is 1. The number of benzene rings is 2. The minimum absolute atomic E-state index is 0. The highest BCUT2D eigenvalue weighted by molar-refractivity contribution is 7.92. The van der Waals surface area contributed by atoms with Crippen LogP contribution in [-0.2, 0) is 21.2 Å². The zero-order valence-electron chi connectivity index (χ0n) is 15.4. The normalized spacial score (nSPS) is 16.9. The number of piperazine rings is 1. The highest BCUT2D eigenvalue weighted by Gasteiger charge is 2.28. The maximum Gasteiger partial charge on any atom is 0.229 e. The van der Waals surface area contributed by atoms with Crippen LogP contribution >= 0.6 is 12.4 Å². The van der Waals surface area contributed by atoms with Crippen molar-refractivity contribution in [3.05, 3.63) is 65.5 Å². The van der Waals surface area contributed by atoms with Gasteiger partial charge < -0.3 is 10.2 Å². The highest BCUT2D eigenvalue weighted by atomic mass is 35.5. The lowest BCUT2D eigenvalue weighted by atomic mass is 10.0. The summed E-state index contributed by atoms with van der Waals surface area (Å²) in [6.07, 6.45) is 1.22. The number of rotatable bonds is 5. The van der Waals surface area contributed by atoms with E-state index in [9.17, 15) is 17.6 Å². The Balaban J connectivity index is 0.00000280. The first-order valence-electron chi connectivity index (χ1n) is 8.64. The predicted octanol–water partition coefficient (Wildman–Crippen LogP) is 2.33. The minimum atomic E-state index is -3.38. The molecule has 1 unspecified atom stereocenters. The summed E-state index contributed by atoms with van der Waals surface area (Å²) in [7, 11) is -3.38. The van der Waals surface area contributed by atoms with E-state index in [4.69, 9.17) is 0 Å². The maximum atomic E-state index is 13.6. The third-order valence-corrected chi connectivity index (χ3v) is 4.99. The molecular weight excluding hydrogens is 405 g/mol. The second-order valence-electron chi connectivity index (χ2n) is 6.61. The monoisotopic (exact) mass is 427 g/mol. The molecule has 2 N–H and O–H groups in total. The van der Waals surface area contributed by atoms with Crippen LogP contribution in [0, 0.1) is 5.82 Å². The molecule has 2 aromatic rings. The van der Waals surface area contributed by atoms with Gasteiger partial charge in [0.2, 0.25) is 15.9 Å². The van der Waals surface area contributed by atoms with Gasteiger partial charge in [-0.1, -0.05) is 24.3 Å². The van der Waals surface area contributed by atoms with Crippen molar-refractivity contribution in [1.29, 1.82) is 0 Å². The summed E-state index contributed by atoms with van der Waals surface area (Å²) in [5.41, 5.74) is 1.89. The summed E-state index contributed by atoms with van der Waals surface area (Å²) in [6.45, 7) is 1.76. The molecular formula is C19H23ClFN3O3S. The molecule has 2 aromatic carbocycles. The van der Waals surface area contributed by atoms with E-state index in [-0.39, 0.29) is 36.6 Å². The Kier molecular flexibility index (Phi) is 7.40. The molecule has 9 heteroatoms. The Morgan fingerprint density at radius 2 is 2.00 bits per heavy atom. The summed E-state index contributed by atoms with van der Waals surface area (Å²) in [5, 5.41) is 3.24. The van der Waals surface area contributed by atoms with Gasteiger partial charge >= 0.3 is 0 Å². The van der Waals surface area contributed by atoms with Gasteiger partial charge in [0, 0.05) is 25.3 Å². The van der Waals surface area contributed by atoms with Crippen molar-refractivity contribution in [2.24, 2.45) is 0 Å². The lowest BCUT2D eigenvalue weighted by Crippen LogP contribution is -2.49. The number of hydrogen-bond acceptors (Lipinski definition) is 4. The fourth-order valence-corrected chi connectivity index (χ4v) is 3.80. The third-order valence-electron chi connectivity index (χ3n) is 4.38. The van der Waals surface area contributed by atoms with E-state index in [1.54, 1.807) is 35.2 Å². The number of nitrogens with zero attached hydrogens (tertiary/aromatic N) is 1. The first kappa shape index (κ1) is 22.1. The largest absolute Gasteiger partial charge is 0.333 e. The predicted molar refractivity (Wildman–Crippen MR) is 110 cm³/mol. The van der Waals surface area contributed by atoms with Crippen LogP contribution in [0.2, 0.25) is 0 Å². The van der Waals surface area contributed by atoms with Gasteiger partial charge in [0.25, 0.3) is 0 Å². The molecule has 1 aliphatic rings. The molecule has 1 atom stereocenters. The lowest BCUT2D eigenvalue weighted by Gasteiger charge is -2.36. The number of carbonyl (C=O) groups excluding carboxylic acids is 1. The van der Waals surface area contributed by atoms with E-state index >= 15 is 0 Å². The van der Waals surface area contributed by atoms with Crippen molar-refractivity contribution >= 4 is 34.0 Å². The van der Waals surface area contributed by atoms with E-state index < -0.39 is 10.0 Å². The van der Waals surface area contributed by atoms with Gasteiger partial charge in [-0.2, -0.15) is 0 Å². The summed E-state index contributed by atoms with van der Waals surface area (Å²) in [6, 6.07) is 12.8. The topological polar surface area (TPSA) is 78.5 Å².